The lowest BCUT2D eigenvalue weighted by Crippen LogP contribution is -2.35. The molecule has 1 N–H and O–H groups in total. The van der Waals surface area contributed by atoms with Crippen LogP contribution >= 0.6 is 22.7 Å². The normalized spacial score (nSPS) is 14.9. The third-order valence-electron chi connectivity index (χ3n) is 5.64. The lowest BCUT2D eigenvalue weighted by atomic mass is 10.0. The van der Waals surface area contributed by atoms with Crippen molar-refractivity contribution in [2.45, 2.75) is 46.2 Å². The molecule has 2 aromatic heterocycles. The van der Waals surface area contributed by atoms with E-state index in [-0.39, 0.29) is 5.91 Å². The Hall–Kier alpha value is -2.54. The van der Waals surface area contributed by atoms with Crippen LogP contribution in [-0.4, -0.2) is 28.4 Å². The van der Waals surface area contributed by atoms with E-state index in [2.05, 4.69) is 55.8 Å². The van der Waals surface area contributed by atoms with Gasteiger partial charge in [0.25, 0.3) is 5.91 Å². The fourth-order valence-electron chi connectivity index (χ4n) is 3.84. The summed E-state index contributed by atoms with van der Waals surface area (Å²) in [4.78, 5) is 21.6. The summed E-state index contributed by atoms with van der Waals surface area (Å²) in [5.74, 6) is -0.0877. The standard InChI is InChI=1S/C26H29N3OS2/c1-5-6-8-13-21-18(4)27-25(31-21)23-20-14-15-29(17(2)3)16-22(20)32-26(23)28-24(30)19-11-9-7-10-12-19/h6-13,17H,4-5,14-16H2,1-3H3,(H,28,30). The van der Waals surface area contributed by atoms with Crippen LogP contribution in [0, 0.1) is 0 Å². The molecule has 0 atom stereocenters. The highest BCUT2D eigenvalue weighted by molar-refractivity contribution is 7.18. The molecule has 3 aromatic rings. The van der Waals surface area contributed by atoms with Gasteiger partial charge in [0, 0.05) is 35.1 Å². The first-order valence-electron chi connectivity index (χ1n) is 11.1. The number of amides is 1. The van der Waals surface area contributed by atoms with E-state index in [4.69, 9.17) is 4.98 Å². The van der Waals surface area contributed by atoms with E-state index in [9.17, 15) is 4.79 Å². The molecule has 166 valence electrons. The quantitative estimate of drug-likeness (QED) is 0.557. The van der Waals surface area contributed by atoms with Gasteiger partial charge in [0.05, 0.1) is 9.88 Å². The molecule has 0 saturated heterocycles. The van der Waals surface area contributed by atoms with Crippen molar-refractivity contribution >= 4 is 46.2 Å². The smallest absolute Gasteiger partial charge is 0.256 e. The molecule has 4 rings (SSSR count). The number of benzene rings is 1. The Labute approximate surface area is 197 Å². The first kappa shape index (κ1) is 22.6. The van der Waals surface area contributed by atoms with Crippen LogP contribution in [0.5, 0.6) is 0 Å². The summed E-state index contributed by atoms with van der Waals surface area (Å²) in [7, 11) is 0. The highest BCUT2D eigenvalue weighted by Gasteiger charge is 2.28. The second kappa shape index (κ2) is 9.94. The van der Waals surface area contributed by atoms with Gasteiger partial charge in [-0.3, -0.25) is 9.69 Å². The molecular weight excluding hydrogens is 434 g/mol. The average Bonchev–Trinajstić information content (AvgIpc) is 3.33. The van der Waals surface area contributed by atoms with Crippen molar-refractivity contribution in [3.05, 3.63) is 68.4 Å². The minimum Gasteiger partial charge on any atom is -0.313 e. The Balaban J connectivity index is 1.78. The second-order valence-corrected chi connectivity index (χ2v) is 10.3. The molecular formula is C26H29N3OS2. The predicted octanol–water partition coefficient (Wildman–Crippen LogP) is 5.05. The maximum atomic E-state index is 13.0. The molecule has 1 aliphatic heterocycles. The number of thiazole rings is 1. The van der Waals surface area contributed by atoms with Crippen molar-refractivity contribution in [3.63, 3.8) is 0 Å². The van der Waals surface area contributed by atoms with Gasteiger partial charge in [0.1, 0.15) is 10.0 Å². The number of rotatable bonds is 6. The third kappa shape index (κ3) is 4.77. The van der Waals surface area contributed by atoms with E-state index < -0.39 is 0 Å². The summed E-state index contributed by atoms with van der Waals surface area (Å²) in [6.07, 6.45) is 8.22. The molecule has 6 heteroatoms. The highest BCUT2D eigenvalue weighted by Crippen LogP contribution is 2.43. The number of carbonyl (C=O) groups excluding carboxylic acids is 1. The van der Waals surface area contributed by atoms with E-state index in [1.807, 2.05) is 30.3 Å². The van der Waals surface area contributed by atoms with Crippen molar-refractivity contribution < 1.29 is 4.79 Å². The number of aromatic nitrogens is 1. The zero-order chi connectivity index (χ0) is 22.7. The predicted molar refractivity (Wildman–Crippen MR) is 138 cm³/mol. The van der Waals surface area contributed by atoms with Gasteiger partial charge in [0.15, 0.2) is 0 Å². The van der Waals surface area contributed by atoms with E-state index in [0.717, 1.165) is 51.4 Å². The topological polar surface area (TPSA) is 45.2 Å². The lowest BCUT2D eigenvalue weighted by molar-refractivity contribution is 0.102. The van der Waals surface area contributed by atoms with Crippen LogP contribution in [0.4, 0.5) is 5.00 Å². The van der Waals surface area contributed by atoms with Gasteiger partial charge in [0.2, 0.25) is 0 Å². The second-order valence-electron chi connectivity index (χ2n) is 8.18. The molecule has 0 fully saturated rings. The first-order valence-corrected chi connectivity index (χ1v) is 12.7. The molecule has 4 nitrogen and oxygen atoms in total. The number of hydrogen-bond acceptors (Lipinski definition) is 5. The number of carbonyl (C=O) groups is 1. The third-order valence-corrected chi connectivity index (χ3v) is 7.85. The van der Waals surface area contributed by atoms with Crippen LogP contribution in [-0.2, 0) is 13.0 Å². The van der Waals surface area contributed by atoms with Gasteiger partial charge in [-0.1, -0.05) is 43.9 Å². The molecule has 1 aliphatic rings. The SMILES string of the molecule is C=c1nc(-c2c(NC(=O)c3ccccc3)sc3c2CCN(C(C)C)C3)sc1=CC=CCC. The number of nitrogens with zero attached hydrogens (tertiary/aromatic N) is 2. The molecule has 1 amide bonds. The van der Waals surface area contributed by atoms with Crippen LogP contribution in [0.3, 0.4) is 0 Å². The van der Waals surface area contributed by atoms with Crippen molar-refractivity contribution in [1.82, 2.24) is 9.88 Å². The molecule has 32 heavy (non-hydrogen) atoms. The van der Waals surface area contributed by atoms with E-state index >= 15 is 0 Å². The minimum absolute atomic E-state index is 0.0877. The Morgan fingerprint density at radius 3 is 2.78 bits per heavy atom. The lowest BCUT2D eigenvalue weighted by Gasteiger charge is -2.30. The monoisotopic (exact) mass is 463 g/mol. The van der Waals surface area contributed by atoms with Gasteiger partial charge in [-0.05, 0) is 50.5 Å². The molecule has 0 aliphatic carbocycles. The van der Waals surface area contributed by atoms with Crippen molar-refractivity contribution in [2.24, 2.45) is 0 Å². The summed E-state index contributed by atoms with van der Waals surface area (Å²) >= 11 is 3.33. The zero-order valence-corrected chi connectivity index (χ0v) is 20.5. The van der Waals surface area contributed by atoms with Gasteiger partial charge in [-0.15, -0.1) is 22.7 Å². The van der Waals surface area contributed by atoms with Crippen LogP contribution in [0.1, 0.15) is 48.0 Å². The number of nitrogens with one attached hydrogen (secondary N) is 1. The molecule has 1 aromatic carbocycles. The maximum absolute atomic E-state index is 13.0. The summed E-state index contributed by atoms with van der Waals surface area (Å²) in [6, 6.07) is 9.87. The van der Waals surface area contributed by atoms with Crippen molar-refractivity contribution in [2.75, 3.05) is 11.9 Å². The number of thiophene rings is 1. The first-order chi connectivity index (χ1) is 15.5. The number of allylic oxidation sites excluding steroid dienone is 2. The van der Waals surface area contributed by atoms with Crippen LogP contribution in [0.15, 0.2) is 42.5 Å². The van der Waals surface area contributed by atoms with Gasteiger partial charge >= 0.3 is 0 Å². The van der Waals surface area contributed by atoms with Crippen LogP contribution in [0.2, 0.25) is 0 Å². The molecule has 0 spiro atoms. The molecule has 3 heterocycles. The fraction of sp³-hybridized carbons (Fsp3) is 0.308. The van der Waals surface area contributed by atoms with E-state index in [1.54, 1.807) is 22.7 Å². The largest absolute Gasteiger partial charge is 0.313 e. The Bertz CT molecular complexity index is 1240. The van der Waals surface area contributed by atoms with Gasteiger partial charge in [-0.25, -0.2) is 4.98 Å². The summed E-state index contributed by atoms with van der Waals surface area (Å²) in [5.41, 5.74) is 3.05. The summed E-state index contributed by atoms with van der Waals surface area (Å²) < 4.78 is 1.06. The minimum atomic E-state index is -0.0877. The summed E-state index contributed by atoms with van der Waals surface area (Å²) in [6.45, 7) is 12.7. The Morgan fingerprint density at radius 2 is 2.06 bits per heavy atom. The van der Waals surface area contributed by atoms with Gasteiger partial charge in [-0.2, -0.15) is 0 Å². The van der Waals surface area contributed by atoms with E-state index in [1.165, 1.54) is 10.4 Å². The van der Waals surface area contributed by atoms with Crippen LogP contribution in [0.25, 0.3) is 23.2 Å². The Morgan fingerprint density at radius 1 is 1.28 bits per heavy atom. The fourth-order valence-corrected chi connectivity index (χ4v) is 6.17. The van der Waals surface area contributed by atoms with Crippen molar-refractivity contribution in [3.8, 4) is 10.6 Å². The number of hydrogen-bond donors (Lipinski definition) is 1. The van der Waals surface area contributed by atoms with E-state index in [0.29, 0.717) is 11.6 Å². The van der Waals surface area contributed by atoms with Crippen LogP contribution < -0.4 is 15.2 Å². The molecule has 0 unspecified atom stereocenters. The average molecular weight is 464 g/mol. The zero-order valence-electron chi connectivity index (χ0n) is 18.9. The molecule has 0 radical (unpaired) electrons. The molecule has 0 bridgehead atoms. The Kier molecular flexibility index (Phi) is 7.04. The number of anilines is 1. The van der Waals surface area contributed by atoms with Gasteiger partial charge < -0.3 is 5.32 Å². The van der Waals surface area contributed by atoms with Crippen molar-refractivity contribution in [1.29, 1.82) is 0 Å². The molecule has 0 saturated carbocycles. The summed E-state index contributed by atoms with van der Waals surface area (Å²) in [5, 5.41) is 5.80. The number of fused-ring (bicyclic) bond motifs is 1. The highest BCUT2D eigenvalue weighted by atomic mass is 32.1. The maximum Gasteiger partial charge on any atom is 0.256 e.